The highest BCUT2D eigenvalue weighted by molar-refractivity contribution is 7.89. The van der Waals surface area contributed by atoms with Crippen LogP contribution in [0.5, 0.6) is 0 Å². The maximum absolute atomic E-state index is 11.9. The zero-order valence-electron chi connectivity index (χ0n) is 10.3. The minimum absolute atomic E-state index is 0.250. The van der Waals surface area contributed by atoms with Crippen molar-refractivity contribution in [3.63, 3.8) is 0 Å². The fourth-order valence-corrected chi connectivity index (χ4v) is 2.60. The third-order valence-electron chi connectivity index (χ3n) is 2.61. The van der Waals surface area contributed by atoms with Gasteiger partial charge in [0.15, 0.2) is 0 Å². The van der Waals surface area contributed by atoms with Gasteiger partial charge < -0.3 is 5.73 Å². The summed E-state index contributed by atoms with van der Waals surface area (Å²) >= 11 is 0. The van der Waals surface area contributed by atoms with Crippen LogP contribution in [-0.4, -0.2) is 21.5 Å². The second-order valence-electron chi connectivity index (χ2n) is 4.35. The summed E-state index contributed by atoms with van der Waals surface area (Å²) in [6, 6.07) is 6.81. The Kier molecular flexibility index (Phi) is 5.11. The Labute approximate surface area is 103 Å². The van der Waals surface area contributed by atoms with E-state index >= 15 is 0 Å². The molecular formula is C12H20N2O2S. The lowest BCUT2D eigenvalue weighted by Crippen LogP contribution is -2.29. The van der Waals surface area contributed by atoms with Gasteiger partial charge in [-0.25, -0.2) is 13.1 Å². The Bertz CT molecular complexity index is 440. The second-order valence-corrected chi connectivity index (χ2v) is 6.11. The fraction of sp³-hybridized carbons (Fsp3) is 0.500. The lowest BCUT2D eigenvalue weighted by atomic mass is 10.1. The molecule has 1 atom stereocenters. The number of nitrogens with two attached hydrogens (primary N) is 1. The first kappa shape index (κ1) is 14.2. The summed E-state index contributed by atoms with van der Waals surface area (Å²) in [5.41, 5.74) is 6.46. The molecule has 0 amide bonds. The lowest BCUT2D eigenvalue weighted by Gasteiger charge is -2.12. The molecule has 4 nitrogen and oxygen atoms in total. The van der Waals surface area contributed by atoms with Gasteiger partial charge in [-0.2, -0.15) is 0 Å². The Morgan fingerprint density at radius 1 is 1.29 bits per heavy atom. The summed E-state index contributed by atoms with van der Waals surface area (Å²) in [5, 5.41) is 0. The van der Waals surface area contributed by atoms with Crippen molar-refractivity contribution >= 4 is 10.0 Å². The minimum Gasteiger partial charge on any atom is -0.330 e. The molecule has 0 saturated carbocycles. The smallest absolute Gasteiger partial charge is 0.240 e. The van der Waals surface area contributed by atoms with Crippen LogP contribution in [0.3, 0.4) is 0 Å². The molecule has 0 aliphatic carbocycles. The van der Waals surface area contributed by atoms with E-state index in [1.54, 1.807) is 24.3 Å². The van der Waals surface area contributed by atoms with E-state index in [-0.39, 0.29) is 5.92 Å². The van der Waals surface area contributed by atoms with Gasteiger partial charge in [-0.3, -0.25) is 0 Å². The molecule has 0 aromatic heterocycles. The molecule has 0 aliphatic heterocycles. The molecule has 0 fully saturated rings. The molecule has 1 aromatic rings. The summed E-state index contributed by atoms with van der Waals surface area (Å²) in [5.74, 6) is 0.250. The molecule has 1 unspecified atom stereocenters. The SMILES string of the molecule is Cc1ccc(S(=O)(=O)NCC(C)CCN)cc1. The fourth-order valence-electron chi connectivity index (χ4n) is 1.44. The van der Waals surface area contributed by atoms with Crippen LogP contribution in [0.1, 0.15) is 18.9 Å². The van der Waals surface area contributed by atoms with Crippen molar-refractivity contribution in [2.24, 2.45) is 11.7 Å². The van der Waals surface area contributed by atoms with Crippen LogP contribution in [0.2, 0.25) is 0 Å². The van der Waals surface area contributed by atoms with Crippen molar-refractivity contribution in [1.82, 2.24) is 4.72 Å². The third kappa shape index (κ3) is 4.46. The van der Waals surface area contributed by atoms with Crippen molar-refractivity contribution in [2.45, 2.75) is 25.2 Å². The number of aryl methyl sites for hydroxylation is 1. The van der Waals surface area contributed by atoms with Crippen LogP contribution in [0.25, 0.3) is 0 Å². The van der Waals surface area contributed by atoms with Gasteiger partial charge >= 0.3 is 0 Å². The average Bonchev–Trinajstić information content (AvgIpc) is 2.28. The van der Waals surface area contributed by atoms with Gasteiger partial charge in [0.05, 0.1) is 4.90 Å². The highest BCUT2D eigenvalue weighted by Crippen LogP contribution is 2.10. The first-order chi connectivity index (χ1) is 7.95. The largest absolute Gasteiger partial charge is 0.330 e. The maximum atomic E-state index is 11.9. The maximum Gasteiger partial charge on any atom is 0.240 e. The van der Waals surface area contributed by atoms with E-state index in [1.807, 2.05) is 13.8 Å². The number of sulfonamides is 1. The average molecular weight is 256 g/mol. The van der Waals surface area contributed by atoms with E-state index < -0.39 is 10.0 Å². The van der Waals surface area contributed by atoms with Crippen molar-refractivity contribution in [3.8, 4) is 0 Å². The Balaban J connectivity index is 2.66. The molecule has 0 aliphatic rings. The van der Waals surface area contributed by atoms with Crippen LogP contribution < -0.4 is 10.5 Å². The van der Waals surface area contributed by atoms with Crippen molar-refractivity contribution < 1.29 is 8.42 Å². The number of hydrogen-bond donors (Lipinski definition) is 2. The van der Waals surface area contributed by atoms with E-state index in [0.29, 0.717) is 18.0 Å². The van der Waals surface area contributed by atoms with Gasteiger partial charge in [0, 0.05) is 6.54 Å². The van der Waals surface area contributed by atoms with Gasteiger partial charge in [-0.1, -0.05) is 24.6 Å². The van der Waals surface area contributed by atoms with Crippen molar-refractivity contribution in [3.05, 3.63) is 29.8 Å². The molecule has 17 heavy (non-hydrogen) atoms. The topological polar surface area (TPSA) is 72.2 Å². The van der Waals surface area contributed by atoms with E-state index in [2.05, 4.69) is 4.72 Å². The summed E-state index contributed by atoms with van der Waals surface area (Å²) in [4.78, 5) is 0.308. The lowest BCUT2D eigenvalue weighted by molar-refractivity contribution is 0.515. The monoisotopic (exact) mass is 256 g/mol. The van der Waals surface area contributed by atoms with Crippen molar-refractivity contribution in [1.29, 1.82) is 0 Å². The molecule has 0 heterocycles. The predicted molar refractivity (Wildman–Crippen MR) is 69.2 cm³/mol. The summed E-state index contributed by atoms with van der Waals surface area (Å²) in [6.07, 6.45) is 0.816. The summed E-state index contributed by atoms with van der Waals surface area (Å²) < 4.78 is 26.4. The zero-order chi connectivity index (χ0) is 12.9. The number of hydrogen-bond acceptors (Lipinski definition) is 3. The third-order valence-corrected chi connectivity index (χ3v) is 4.05. The number of nitrogens with one attached hydrogen (secondary N) is 1. The van der Waals surface area contributed by atoms with Gasteiger partial charge in [0.1, 0.15) is 0 Å². The summed E-state index contributed by atoms with van der Waals surface area (Å²) in [7, 11) is -3.38. The Hall–Kier alpha value is -0.910. The van der Waals surface area contributed by atoms with E-state index in [4.69, 9.17) is 5.73 Å². The Morgan fingerprint density at radius 3 is 2.41 bits per heavy atom. The van der Waals surface area contributed by atoms with E-state index in [9.17, 15) is 8.42 Å². The van der Waals surface area contributed by atoms with E-state index in [1.165, 1.54) is 0 Å². The Morgan fingerprint density at radius 2 is 1.88 bits per heavy atom. The molecule has 0 saturated heterocycles. The quantitative estimate of drug-likeness (QED) is 0.805. The predicted octanol–water partition coefficient (Wildman–Crippen LogP) is 1.26. The normalized spacial score (nSPS) is 13.6. The first-order valence-electron chi connectivity index (χ1n) is 5.72. The number of rotatable bonds is 6. The molecule has 1 aromatic carbocycles. The molecule has 1 rings (SSSR count). The molecule has 5 heteroatoms. The molecule has 0 bridgehead atoms. The van der Waals surface area contributed by atoms with Gasteiger partial charge in [-0.05, 0) is 37.9 Å². The second kappa shape index (κ2) is 6.14. The van der Waals surface area contributed by atoms with Crippen LogP contribution in [0, 0.1) is 12.8 Å². The molecule has 0 radical (unpaired) electrons. The first-order valence-corrected chi connectivity index (χ1v) is 7.20. The highest BCUT2D eigenvalue weighted by Gasteiger charge is 2.14. The zero-order valence-corrected chi connectivity index (χ0v) is 11.1. The van der Waals surface area contributed by atoms with Crippen LogP contribution in [0.4, 0.5) is 0 Å². The summed E-state index contributed by atoms with van der Waals surface area (Å²) in [6.45, 7) is 4.90. The molecule has 0 spiro atoms. The van der Waals surface area contributed by atoms with Gasteiger partial charge in [0.2, 0.25) is 10.0 Å². The van der Waals surface area contributed by atoms with Gasteiger partial charge in [0.25, 0.3) is 0 Å². The van der Waals surface area contributed by atoms with E-state index in [0.717, 1.165) is 12.0 Å². The van der Waals surface area contributed by atoms with Crippen LogP contribution in [0.15, 0.2) is 29.2 Å². The molecule has 3 N–H and O–H groups in total. The molecule has 96 valence electrons. The number of benzene rings is 1. The van der Waals surface area contributed by atoms with Crippen LogP contribution in [-0.2, 0) is 10.0 Å². The minimum atomic E-state index is -3.38. The molecular weight excluding hydrogens is 236 g/mol. The van der Waals surface area contributed by atoms with Crippen molar-refractivity contribution in [2.75, 3.05) is 13.1 Å². The van der Waals surface area contributed by atoms with Gasteiger partial charge in [-0.15, -0.1) is 0 Å². The van der Waals surface area contributed by atoms with Crippen LogP contribution >= 0.6 is 0 Å². The standard InChI is InChI=1S/C12H20N2O2S/c1-10-3-5-12(6-4-10)17(15,16)14-9-11(2)7-8-13/h3-6,11,14H,7-9,13H2,1-2H3. The highest BCUT2D eigenvalue weighted by atomic mass is 32.2.